The lowest BCUT2D eigenvalue weighted by atomic mass is 10.0. The number of nitrogens with one attached hydrogen (secondary N) is 1. The van der Waals surface area contributed by atoms with E-state index in [2.05, 4.69) is 9.98 Å². The van der Waals surface area contributed by atoms with E-state index >= 15 is 0 Å². The monoisotopic (exact) mass is 296 g/mol. The van der Waals surface area contributed by atoms with Gasteiger partial charge < -0.3 is 15.2 Å². The van der Waals surface area contributed by atoms with Gasteiger partial charge in [-0.25, -0.2) is 9.38 Å². The van der Waals surface area contributed by atoms with E-state index in [1.54, 1.807) is 0 Å². The first-order valence-corrected chi connectivity index (χ1v) is 6.51. The molecule has 0 unspecified atom stereocenters. The highest BCUT2D eigenvalue weighted by Crippen LogP contribution is 2.36. The summed E-state index contributed by atoms with van der Waals surface area (Å²) >= 11 is 0. The number of Topliss-reactive ketones (excluding diaryl/α,β-unsaturated/α-hetero) is 1. The summed E-state index contributed by atoms with van der Waals surface area (Å²) in [5.41, 5.74) is 1.34. The molecule has 5 nitrogen and oxygen atoms in total. The number of ketones is 1. The van der Waals surface area contributed by atoms with E-state index in [0.717, 1.165) is 0 Å². The zero-order valence-corrected chi connectivity index (χ0v) is 11.1. The second-order valence-corrected chi connectivity index (χ2v) is 5.03. The summed E-state index contributed by atoms with van der Waals surface area (Å²) < 4.78 is 13.5. The number of hydrogen-bond donors (Lipinski definition) is 3. The molecule has 0 saturated heterocycles. The number of rotatable bonds is 1. The van der Waals surface area contributed by atoms with Crippen molar-refractivity contribution in [3.05, 3.63) is 53.3 Å². The smallest absolute Gasteiger partial charge is 0.214 e. The molecule has 2 heterocycles. The fourth-order valence-corrected chi connectivity index (χ4v) is 2.66. The van der Waals surface area contributed by atoms with Gasteiger partial charge in [0.2, 0.25) is 5.78 Å². The number of H-pyrrole nitrogens is 1. The van der Waals surface area contributed by atoms with Crippen molar-refractivity contribution in [3.63, 3.8) is 0 Å². The number of carbonyl (C=O) groups is 1. The molecular weight excluding hydrogens is 287 g/mol. The SMILES string of the molecule is O=C1C(c2c(O)[nH]c3ccc(F)cc23)=Nc2ccc(O)cc21. The van der Waals surface area contributed by atoms with Gasteiger partial charge in [-0.1, -0.05) is 0 Å². The quantitative estimate of drug-likeness (QED) is 0.645. The largest absolute Gasteiger partial charge is 0.508 e. The molecule has 0 radical (unpaired) electrons. The molecule has 22 heavy (non-hydrogen) atoms. The number of benzene rings is 2. The van der Waals surface area contributed by atoms with Gasteiger partial charge in [0.05, 0.1) is 16.8 Å². The minimum atomic E-state index is -0.478. The number of fused-ring (bicyclic) bond motifs is 2. The van der Waals surface area contributed by atoms with Crippen molar-refractivity contribution in [2.45, 2.75) is 0 Å². The highest BCUT2D eigenvalue weighted by Gasteiger charge is 2.30. The Kier molecular flexibility index (Phi) is 2.39. The maximum Gasteiger partial charge on any atom is 0.214 e. The van der Waals surface area contributed by atoms with Gasteiger partial charge in [0.15, 0.2) is 5.88 Å². The van der Waals surface area contributed by atoms with Crippen LogP contribution in [0.5, 0.6) is 11.6 Å². The molecule has 0 aliphatic carbocycles. The van der Waals surface area contributed by atoms with E-state index in [1.165, 1.54) is 36.4 Å². The van der Waals surface area contributed by atoms with Crippen molar-refractivity contribution in [2.24, 2.45) is 4.99 Å². The number of phenols is 1. The lowest BCUT2D eigenvalue weighted by molar-refractivity contribution is 0.106. The Morgan fingerprint density at radius 1 is 1.09 bits per heavy atom. The summed E-state index contributed by atoms with van der Waals surface area (Å²) in [6.45, 7) is 0. The summed E-state index contributed by atoms with van der Waals surface area (Å²) in [5.74, 6) is -1.19. The standard InChI is InChI=1S/C16H9FN2O3/c17-7-1-3-11-9(5-7)13(16(22)19-11)14-15(21)10-6-8(20)2-4-12(10)18-14/h1-6,19-20,22H. The van der Waals surface area contributed by atoms with E-state index in [0.29, 0.717) is 16.6 Å². The second kappa shape index (κ2) is 4.17. The van der Waals surface area contributed by atoms with Crippen LogP contribution in [0.4, 0.5) is 10.1 Å². The molecule has 0 amide bonds. The molecule has 1 aliphatic heterocycles. The maximum atomic E-state index is 13.5. The Balaban J connectivity index is 1.96. The molecule has 0 spiro atoms. The van der Waals surface area contributed by atoms with E-state index in [1.807, 2.05) is 0 Å². The Morgan fingerprint density at radius 2 is 1.91 bits per heavy atom. The van der Waals surface area contributed by atoms with Crippen LogP contribution in [0.2, 0.25) is 0 Å². The molecule has 0 atom stereocenters. The third-order valence-electron chi connectivity index (χ3n) is 3.65. The van der Waals surface area contributed by atoms with Crippen LogP contribution in [-0.4, -0.2) is 26.7 Å². The summed E-state index contributed by atoms with van der Waals surface area (Å²) in [4.78, 5) is 19.4. The molecular formula is C16H9FN2O3. The van der Waals surface area contributed by atoms with Crippen LogP contribution in [0.25, 0.3) is 10.9 Å². The first-order valence-electron chi connectivity index (χ1n) is 6.51. The normalized spacial score (nSPS) is 13.5. The Hall–Kier alpha value is -3.15. The fraction of sp³-hybridized carbons (Fsp3) is 0. The maximum absolute atomic E-state index is 13.5. The van der Waals surface area contributed by atoms with Gasteiger partial charge in [0, 0.05) is 10.9 Å². The number of halogens is 1. The van der Waals surface area contributed by atoms with Crippen molar-refractivity contribution in [1.82, 2.24) is 4.98 Å². The van der Waals surface area contributed by atoms with E-state index in [4.69, 9.17) is 0 Å². The van der Waals surface area contributed by atoms with E-state index in [-0.39, 0.29) is 28.5 Å². The van der Waals surface area contributed by atoms with Crippen LogP contribution >= 0.6 is 0 Å². The van der Waals surface area contributed by atoms with Crippen LogP contribution < -0.4 is 0 Å². The molecule has 4 rings (SSSR count). The van der Waals surface area contributed by atoms with Gasteiger partial charge in [0.1, 0.15) is 17.3 Å². The van der Waals surface area contributed by atoms with Crippen LogP contribution in [0.1, 0.15) is 15.9 Å². The van der Waals surface area contributed by atoms with Crippen LogP contribution in [0.3, 0.4) is 0 Å². The highest BCUT2D eigenvalue weighted by atomic mass is 19.1. The molecule has 1 aromatic heterocycles. The number of hydrogen-bond acceptors (Lipinski definition) is 4. The number of aliphatic imine (C=N–C) groups is 1. The average molecular weight is 296 g/mol. The first-order chi connectivity index (χ1) is 10.5. The second-order valence-electron chi connectivity index (χ2n) is 5.03. The lowest BCUT2D eigenvalue weighted by Crippen LogP contribution is -2.10. The topological polar surface area (TPSA) is 85.7 Å². The zero-order valence-electron chi connectivity index (χ0n) is 11.1. The van der Waals surface area contributed by atoms with E-state index in [9.17, 15) is 19.4 Å². The van der Waals surface area contributed by atoms with E-state index < -0.39 is 11.6 Å². The summed E-state index contributed by atoms with van der Waals surface area (Å²) in [6, 6.07) is 8.23. The molecule has 1 aliphatic rings. The average Bonchev–Trinajstić information content (AvgIpc) is 2.96. The Morgan fingerprint density at radius 3 is 2.73 bits per heavy atom. The minimum Gasteiger partial charge on any atom is -0.508 e. The van der Waals surface area contributed by atoms with Crippen LogP contribution in [0.15, 0.2) is 41.4 Å². The first kappa shape index (κ1) is 12.6. The van der Waals surface area contributed by atoms with Crippen molar-refractivity contribution >= 4 is 28.1 Å². The molecule has 0 bridgehead atoms. The van der Waals surface area contributed by atoms with Crippen molar-refractivity contribution in [2.75, 3.05) is 0 Å². The van der Waals surface area contributed by atoms with Gasteiger partial charge >= 0.3 is 0 Å². The summed E-state index contributed by atoms with van der Waals surface area (Å²) in [7, 11) is 0. The third-order valence-corrected chi connectivity index (χ3v) is 3.65. The molecule has 3 aromatic rings. The fourth-order valence-electron chi connectivity index (χ4n) is 2.66. The van der Waals surface area contributed by atoms with Crippen LogP contribution in [0, 0.1) is 5.82 Å². The van der Waals surface area contributed by atoms with Gasteiger partial charge in [0.25, 0.3) is 0 Å². The van der Waals surface area contributed by atoms with Gasteiger partial charge in [-0.2, -0.15) is 0 Å². The van der Waals surface area contributed by atoms with Crippen molar-refractivity contribution in [1.29, 1.82) is 0 Å². The predicted molar refractivity (Wildman–Crippen MR) is 78.6 cm³/mol. The van der Waals surface area contributed by atoms with Crippen molar-refractivity contribution < 1.29 is 19.4 Å². The Bertz CT molecular complexity index is 988. The number of aromatic amines is 1. The number of carbonyl (C=O) groups excluding carboxylic acids is 1. The number of aromatic nitrogens is 1. The summed E-state index contributed by atoms with van der Waals surface area (Å²) in [6.07, 6.45) is 0. The molecule has 6 heteroatoms. The number of nitrogens with zero attached hydrogens (tertiary/aromatic N) is 1. The Labute approximate surface area is 123 Å². The summed E-state index contributed by atoms with van der Waals surface area (Å²) in [5, 5.41) is 19.9. The zero-order chi connectivity index (χ0) is 15.4. The number of aromatic hydroxyl groups is 2. The highest BCUT2D eigenvalue weighted by molar-refractivity contribution is 6.56. The minimum absolute atomic E-state index is 0.0231. The van der Waals surface area contributed by atoms with Gasteiger partial charge in [-0.05, 0) is 36.4 Å². The van der Waals surface area contributed by atoms with Gasteiger partial charge in [-0.3, -0.25) is 4.79 Å². The third kappa shape index (κ3) is 1.64. The molecule has 0 saturated carbocycles. The van der Waals surface area contributed by atoms with Gasteiger partial charge in [-0.15, -0.1) is 0 Å². The number of phenolic OH excluding ortho intramolecular Hbond substituents is 1. The molecule has 3 N–H and O–H groups in total. The molecule has 108 valence electrons. The van der Waals surface area contributed by atoms with Crippen LogP contribution in [-0.2, 0) is 0 Å². The predicted octanol–water partition coefficient (Wildman–Crippen LogP) is 3.04. The lowest BCUT2D eigenvalue weighted by Gasteiger charge is -1.99. The molecule has 2 aromatic carbocycles. The van der Waals surface area contributed by atoms with Crippen molar-refractivity contribution in [3.8, 4) is 11.6 Å². The molecule has 0 fully saturated rings.